The molecule has 0 spiro atoms. The normalized spacial score (nSPS) is 10.3. The molecule has 0 amide bonds. The quantitative estimate of drug-likeness (QED) is 0.577. The van der Waals surface area contributed by atoms with Crippen LogP contribution in [0.15, 0.2) is 18.6 Å². The topological polar surface area (TPSA) is 17.8 Å². The van der Waals surface area contributed by atoms with Crippen molar-refractivity contribution in [3.05, 3.63) is 23.2 Å². The van der Waals surface area contributed by atoms with E-state index in [9.17, 15) is 0 Å². The lowest BCUT2D eigenvalue weighted by Gasteiger charge is -2.08. The Balaban J connectivity index is 3.16. The van der Waals surface area contributed by atoms with Gasteiger partial charge in [-0.05, 0) is 13.8 Å². The zero-order valence-electron chi connectivity index (χ0n) is 6.11. The average Bonchev–Trinajstić information content (AvgIpc) is 1.88. The number of hydrogen-bond acceptors (Lipinski definition) is 2. The molecule has 0 radical (unpaired) electrons. The van der Waals surface area contributed by atoms with Gasteiger partial charge in [-0.2, -0.15) is 0 Å². The van der Waals surface area contributed by atoms with Crippen LogP contribution in [0, 0.1) is 4.64 Å². The van der Waals surface area contributed by atoms with Crippen molar-refractivity contribution in [1.29, 1.82) is 0 Å². The van der Waals surface area contributed by atoms with Crippen molar-refractivity contribution in [3.63, 3.8) is 0 Å². The zero-order chi connectivity index (χ0) is 7.56. The number of hydrogen-bond donors (Lipinski definition) is 0. The van der Waals surface area contributed by atoms with Gasteiger partial charge >= 0.3 is 0 Å². The molecule has 0 aliphatic rings. The number of aromatic nitrogens is 2. The van der Waals surface area contributed by atoms with Gasteiger partial charge in [-0.25, -0.2) is 0 Å². The Morgan fingerprint density at radius 2 is 2.30 bits per heavy atom. The Kier molecular flexibility index (Phi) is 2.17. The van der Waals surface area contributed by atoms with E-state index in [0.29, 0.717) is 6.04 Å². The minimum absolute atomic E-state index is 0.426. The van der Waals surface area contributed by atoms with E-state index in [1.165, 1.54) is 0 Å². The van der Waals surface area contributed by atoms with Gasteiger partial charge in [0.05, 0.1) is 6.20 Å². The third-order valence-corrected chi connectivity index (χ3v) is 1.63. The SMILES string of the molecule is CC(C)n1ccncc1=S. The van der Waals surface area contributed by atoms with Crippen LogP contribution >= 0.6 is 12.2 Å². The Morgan fingerprint density at radius 1 is 1.60 bits per heavy atom. The van der Waals surface area contributed by atoms with Crippen LogP contribution < -0.4 is 0 Å². The highest BCUT2D eigenvalue weighted by molar-refractivity contribution is 7.71. The van der Waals surface area contributed by atoms with Gasteiger partial charge in [0.1, 0.15) is 4.64 Å². The molecular weight excluding hydrogens is 144 g/mol. The van der Waals surface area contributed by atoms with E-state index in [0.717, 1.165) is 4.64 Å². The Labute approximate surface area is 65.5 Å². The fourth-order valence-corrected chi connectivity index (χ4v) is 1.12. The Bertz CT molecular complexity index is 264. The van der Waals surface area contributed by atoms with Crippen molar-refractivity contribution >= 4 is 12.2 Å². The van der Waals surface area contributed by atoms with Crippen molar-refractivity contribution in [3.8, 4) is 0 Å². The Morgan fingerprint density at radius 3 is 2.70 bits per heavy atom. The van der Waals surface area contributed by atoms with Crippen molar-refractivity contribution in [2.24, 2.45) is 0 Å². The first-order valence-electron chi connectivity index (χ1n) is 3.24. The second-order valence-corrected chi connectivity index (χ2v) is 2.83. The molecule has 3 heteroatoms. The molecule has 54 valence electrons. The van der Waals surface area contributed by atoms with Gasteiger partial charge in [0.25, 0.3) is 0 Å². The summed E-state index contributed by atoms with van der Waals surface area (Å²) in [4.78, 5) is 3.90. The lowest BCUT2D eigenvalue weighted by molar-refractivity contribution is 0.585. The Hall–Kier alpha value is -0.700. The van der Waals surface area contributed by atoms with E-state index in [1.54, 1.807) is 12.4 Å². The summed E-state index contributed by atoms with van der Waals surface area (Å²) in [7, 11) is 0. The van der Waals surface area contributed by atoms with Crippen LogP contribution in [0.3, 0.4) is 0 Å². The summed E-state index contributed by atoms with van der Waals surface area (Å²) >= 11 is 5.03. The molecule has 2 nitrogen and oxygen atoms in total. The van der Waals surface area contributed by atoms with Gasteiger partial charge in [0.2, 0.25) is 0 Å². The molecule has 1 rings (SSSR count). The summed E-state index contributed by atoms with van der Waals surface area (Å²) in [5, 5.41) is 0. The molecule has 0 aliphatic carbocycles. The monoisotopic (exact) mass is 154 g/mol. The molecule has 0 aliphatic heterocycles. The van der Waals surface area contributed by atoms with E-state index >= 15 is 0 Å². The van der Waals surface area contributed by atoms with E-state index in [4.69, 9.17) is 12.2 Å². The fraction of sp³-hybridized carbons (Fsp3) is 0.429. The maximum Gasteiger partial charge on any atom is 0.124 e. The molecule has 0 bridgehead atoms. The van der Waals surface area contributed by atoms with Crippen molar-refractivity contribution in [2.75, 3.05) is 0 Å². The van der Waals surface area contributed by atoms with Crippen LogP contribution in [0.1, 0.15) is 19.9 Å². The first kappa shape index (κ1) is 7.41. The summed E-state index contributed by atoms with van der Waals surface area (Å²) in [6.45, 7) is 4.19. The maximum atomic E-state index is 5.03. The first-order valence-corrected chi connectivity index (χ1v) is 3.65. The molecule has 10 heavy (non-hydrogen) atoms. The lowest BCUT2D eigenvalue weighted by Crippen LogP contribution is -2.01. The summed E-state index contributed by atoms with van der Waals surface area (Å²) < 4.78 is 2.79. The summed E-state index contributed by atoms with van der Waals surface area (Å²) in [6.07, 6.45) is 5.33. The molecule has 0 saturated heterocycles. The molecule has 1 aromatic rings. The van der Waals surface area contributed by atoms with E-state index < -0.39 is 0 Å². The summed E-state index contributed by atoms with van der Waals surface area (Å²) in [6, 6.07) is 0.426. The van der Waals surface area contributed by atoms with Gasteiger partial charge in [0.15, 0.2) is 0 Å². The fourth-order valence-electron chi connectivity index (χ4n) is 0.784. The molecule has 0 aromatic carbocycles. The summed E-state index contributed by atoms with van der Waals surface area (Å²) in [5.41, 5.74) is 0. The third-order valence-electron chi connectivity index (χ3n) is 1.31. The van der Waals surface area contributed by atoms with Crippen molar-refractivity contribution < 1.29 is 0 Å². The molecule has 0 N–H and O–H groups in total. The second-order valence-electron chi connectivity index (χ2n) is 2.42. The van der Waals surface area contributed by atoms with Crippen molar-refractivity contribution in [2.45, 2.75) is 19.9 Å². The van der Waals surface area contributed by atoms with Gasteiger partial charge in [-0.3, -0.25) is 4.98 Å². The largest absolute Gasteiger partial charge is 0.334 e. The molecule has 0 fully saturated rings. The zero-order valence-corrected chi connectivity index (χ0v) is 6.93. The minimum Gasteiger partial charge on any atom is -0.334 e. The maximum absolute atomic E-state index is 5.03. The second kappa shape index (κ2) is 2.92. The smallest absolute Gasteiger partial charge is 0.124 e. The van der Waals surface area contributed by atoms with E-state index in [-0.39, 0.29) is 0 Å². The highest BCUT2D eigenvalue weighted by Crippen LogP contribution is 2.02. The van der Waals surface area contributed by atoms with Crippen molar-refractivity contribution in [1.82, 2.24) is 9.55 Å². The van der Waals surface area contributed by atoms with Gasteiger partial charge in [0, 0.05) is 18.4 Å². The predicted octanol–water partition coefficient (Wildman–Crippen LogP) is 2.19. The lowest BCUT2D eigenvalue weighted by atomic mass is 10.4. The first-order chi connectivity index (χ1) is 4.72. The molecule has 1 aromatic heterocycles. The molecule has 0 unspecified atom stereocenters. The van der Waals surface area contributed by atoms with Crippen LogP contribution in [-0.2, 0) is 0 Å². The molecule has 0 saturated carbocycles. The number of rotatable bonds is 1. The van der Waals surface area contributed by atoms with Crippen LogP contribution in [0.4, 0.5) is 0 Å². The highest BCUT2D eigenvalue weighted by Gasteiger charge is 1.93. The van der Waals surface area contributed by atoms with E-state index in [2.05, 4.69) is 18.8 Å². The predicted molar refractivity (Wildman–Crippen MR) is 43.4 cm³/mol. The van der Waals surface area contributed by atoms with Gasteiger partial charge in [-0.15, -0.1) is 0 Å². The molecular formula is C7H10N2S. The van der Waals surface area contributed by atoms with Crippen LogP contribution in [0.5, 0.6) is 0 Å². The van der Waals surface area contributed by atoms with Gasteiger partial charge < -0.3 is 4.57 Å². The van der Waals surface area contributed by atoms with Gasteiger partial charge in [-0.1, -0.05) is 12.2 Å². The van der Waals surface area contributed by atoms with Crippen LogP contribution in [0.25, 0.3) is 0 Å². The van der Waals surface area contributed by atoms with E-state index in [1.807, 2.05) is 10.8 Å². The molecule has 0 atom stereocenters. The molecule has 1 heterocycles. The average molecular weight is 154 g/mol. The highest BCUT2D eigenvalue weighted by atomic mass is 32.1. The van der Waals surface area contributed by atoms with Crippen LogP contribution in [-0.4, -0.2) is 9.55 Å². The minimum atomic E-state index is 0.426. The van der Waals surface area contributed by atoms with Crippen LogP contribution in [0.2, 0.25) is 0 Å². The number of nitrogens with zero attached hydrogens (tertiary/aromatic N) is 2. The summed E-state index contributed by atoms with van der Waals surface area (Å²) in [5.74, 6) is 0. The standard InChI is InChI=1S/C7H10N2S/c1-6(2)9-4-3-8-5-7(9)10/h3-6H,1-2H3. The third kappa shape index (κ3) is 1.42.